The zero-order valence-electron chi connectivity index (χ0n) is 17.0. The number of ether oxygens (including phenoxy) is 1. The van der Waals surface area contributed by atoms with E-state index in [1.54, 1.807) is 28.6 Å². The molecule has 31 heavy (non-hydrogen) atoms. The van der Waals surface area contributed by atoms with Crippen LogP contribution in [-0.2, 0) is 16.0 Å². The van der Waals surface area contributed by atoms with Gasteiger partial charge in [-0.05, 0) is 30.7 Å². The summed E-state index contributed by atoms with van der Waals surface area (Å²) in [4.78, 5) is 36.1. The van der Waals surface area contributed by atoms with Gasteiger partial charge in [0.15, 0.2) is 5.72 Å². The highest BCUT2D eigenvalue weighted by molar-refractivity contribution is 7.13. The minimum Gasteiger partial charge on any atom is -0.468 e. The van der Waals surface area contributed by atoms with Gasteiger partial charge in [-0.3, -0.25) is 14.6 Å². The van der Waals surface area contributed by atoms with E-state index in [0.29, 0.717) is 25.1 Å². The minimum atomic E-state index is -0.889. The molecule has 2 aliphatic heterocycles. The van der Waals surface area contributed by atoms with E-state index in [1.165, 1.54) is 0 Å². The van der Waals surface area contributed by atoms with Crippen LogP contribution in [0.2, 0.25) is 0 Å². The molecule has 0 saturated carbocycles. The number of hydrogen-bond donors (Lipinski definition) is 1. The third-order valence-corrected chi connectivity index (χ3v) is 7.05. The van der Waals surface area contributed by atoms with Crippen LogP contribution in [0.4, 0.5) is 0 Å². The smallest absolute Gasteiger partial charge is 0.238 e. The monoisotopic (exact) mass is 434 g/mol. The van der Waals surface area contributed by atoms with Gasteiger partial charge in [-0.15, -0.1) is 11.3 Å². The van der Waals surface area contributed by atoms with Crippen molar-refractivity contribution in [2.75, 3.05) is 6.54 Å². The van der Waals surface area contributed by atoms with Gasteiger partial charge in [0, 0.05) is 48.6 Å². The lowest BCUT2D eigenvalue weighted by Crippen LogP contribution is -2.64. The van der Waals surface area contributed by atoms with Crippen LogP contribution in [0.25, 0.3) is 10.6 Å². The third-order valence-electron chi connectivity index (χ3n) is 6.11. The van der Waals surface area contributed by atoms with Gasteiger partial charge < -0.3 is 15.4 Å². The van der Waals surface area contributed by atoms with Crippen molar-refractivity contribution in [2.45, 2.75) is 31.4 Å². The summed E-state index contributed by atoms with van der Waals surface area (Å²) in [5.41, 5.74) is 7.58. The number of rotatable bonds is 5. The van der Waals surface area contributed by atoms with Crippen molar-refractivity contribution in [2.24, 2.45) is 11.7 Å². The number of likely N-dealkylation sites (tertiary alicyclic amines) is 1. The molecule has 0 unspecified atom stereocenters. The van der Waals surface area contributed by atoms with Crippen molar-refractivity contribution in [3.8, 4) is 16.3 Å². The average molecular weight is 435 g/mol. The Morgan fingerprint density at radius 1 is 1.32 bits per heavy atom. The predicted molar refractivity (Wildman–Crippen MR) is 116 cm³/mol. The lowest BCUT2D eigenvalue weighted by atomic mass is 9.73. The second-order valence-corrected chi connectivity index (χ2v) is 8.99. The second kappa shape index (κ2) is 7.46. The molecular weight excluding hydrogens is 412 g/mol. The predicted octanol–water partition coefficient (Wildman–Crippen LogP) is 2.97. The van der Waals surface area contributed by atoms with Crippen LogP contribution < -0.4 is 10.5 Å². The number of aromatic nitrogens is 2. The lowest BCUT2D eigenvalue weighted by Gasteiger charge is -2.52. The Balaban J connectivity index is 1.41. The average Bonchev–Trinajstić information content (AvgIpc) is 3.22. The third kappa shape index (κ3) is 3.37. The molecule has 7 nitrogen and oxygen atoms in total. The molecule has 158 valence electrons. The fraction of sp³-hybridized carbons (Fsp3) is 0.304. The Bertz CT molecular complexity index is 1150. The molecule has 1 fully saturated rings. The Kier molecular flexibility index (Phi) is 4.74. The Morgan fingerprint density at radius 3 is 2.94 bits per heavy atom. The van der Waals surface area contributed by atoms with E-state index in [1.807, 2.05) is 48.7 Å². The van der Waals surface area contributed by atoms with Crippen molar-refractivity contribution in [1.29, 1.82) is 0 Å². The van der Waals surface area contributed by atoms with Crippen molar-refractivity contribution in [3.05, 3.63) is 65.4 Å². The van der Waals surface area contributed by atoms with E-state index >= 15 is 0 Å². The first-order chi connectivity index (χ1) is 15.0. The molecule has 0 spiro atoms. The highest BCUT2D eigenvalue weighted by Gasteiger charge is 2.55. The van der Waals surface area contributed by atoms with Crippen LogP contribution in [0.1, 0.15) is 30.5 Å². The molecule has 1 saturated heterocycles. The van der Waals surface area contributed by atoms with Gasteiger partial charge >= 0.3 is 0 Å². The number of piperidine rings is 1. The highest BCUT2D eigenvalue weighted by Crippen LogP contribution is 2.50. The standard InChI is InChI=1S/C23H22N4O3S/c1-23-11-17(16-6-2-3-7-18(16)30-23)19(20(24)28)22(29)27(23)10-8-15-13-31-21(26-15)14-5-4-9-25-12-14/h2-7,9,12-13,17,19H,8,10-11H2,1H3,(H2,24,28)/t17-,19-,23-/m0/s1. The summed E-state index contributed by atoms with van der Waals surface area (Å²) in [5.74, 6) is -1.32. The summed E-state index contributed by atoms with van der Waals surface area (Å²) in [7, 11) is 0. The van der Waals surface area contributed by atoms with Crippen molar-refractivity contribution in [3.63, 3.8) is 0 Å². The van der Waals surface area contributed by atoms with E-state index in [-0.39, 0.29) is 11.8 Å². The van der Waals surface area contributed by atoms with Crippen LogP contribution >= 0.6 is 11.3 Å². The van der Waals surface area contributed by atoms with E-state index in [9.17, 15) is 9.59 Å². The maximum atomic E-state index is 13.4. The van der Waals surface area contributed by atoms with Gasteiger partial charge in [0.25, 0.3) is 0 Å². The molecule has 3 atom stereocenters. The molecule has 2 aromatic heterocycles. The van der Waals surface area contributed by atoms with Gasteiger partial charge in [-0.2, -0.15) is 0 Å². The molecule has 2 aliphatic rings. The quantitative estimate of drug-likeness (QED) is 0.623. The summed E-state index contributed by atoms with van der Waals surface area (Å²) in [6, 6.07) is 11.4. The van der Waals surface area contributed by atoms with Gasteiger partial charge in [0.05, 0.1) is 5.69 Å². The van der Waals surface area contributed by atoms with Crippen molar-refractivity contribution < 1.29 is 14.3 Å². The van der Waals surface area contributed by atoms with Crippen LogP contribution in [-0.4, -0.2) is 39.0 Å². The molecule has 5 rings (SSSR count). The summed E-state index contributed by atoms with van der Waals surface area (Å²) in [5, 5.41) is 2.88. The minimum absolute atomic E-state index is 0.271. The van der Waals surface area contributed by atoms with Gasteiger partial charge in [-0.1, -0.05) is 18.2 Å². The van der Waals surface area contributed by atoms with Crippen LogP contribution in [0.5, 0.6) is 5.75 Å². The van der Waals surface area contributed by atoms with E-state index in [0.717, 1.165) is 21.8 Å². The number of amides is 2. The number of carbonyl (C=O) groups is 2. The lowest BCUT2D eigenvalue weighted by molar-refractivity contribution is -0.175. The molecule has 2 amide bonds. The zero-order valence-corrected chi connectivity index (χ0v) is 17.8. The van der Waals surface area contributed by atoms with Crippen molar-refractivity contribution in [1.82, 2.24) is 14.9 Å². The number of benzene rings is 1. The maximum absolute atomic E-state index is 13.4. The summed E-state index contributed by atoms with van der Waals surface area (Å²) in [6.45, 7) is 2.30. The number of para-hydroxylation sites is 1. The summed E-state index contributed by atoms with van der Waals surface area (Å²) >= 11 is 1.54. The normalized spacial score (nSPS) is 24.4. The number of pyridine rings is 1. The topological polar surface area (TPSA) is 98.4 Å². The van der Waals surface area contributed by atoms with Gasteiger partial charge in [0.1, 0.15) is 16.7 Å². The van der Waals surface area contributed by atoms with Crippen LogP contribution in [0, 0.1) is 5.92 Å². The fourth-order valence-corrected chi connectivity index (χ4v) is 5.49. The number of nitrogens with zero attached hydrogens (tertiary/aromatic N) is 3. The van der Waals surface area contributed by atoms with E-state index in [2.05, 4.69) is 4.98 Å². The van der Waals surface area contributed by atoms with Crippen LogP contribution in [0.3, 0.4) is 0 Å². The van der Waals surface area contributed by atoms with Gasteiger partial charge in [-0.25, -0.2) is 4.98 Å². The molecule has 0 aliphatic carbocycles. The molecule has 1 aromatic carbocycles. The maximum Gasteiger partial charge on any atom is 0.238 e. The molecule has 8 heteroatoms. The second-order valence-electron chi connectivity index (χ2n) is 8.13. The molecule has 2 bridgehead atoms. The zero-order chi connectivity index (χ0) is 21.6. The number of carbonyl (C=O) groups excluding carboxylic acids is 2. The molecule has 2 N–H and O–H groups in total. The molecule has 4 heterocycles. The number of thiazole rings is 1. The Labute approximate surface area is 183 Å². The number of primary amides is 1. The van der Waals surface area contributed by atoms with E-state index < -0.39 is 17.6 Å². The number of nitrogens with two attached hydrogens (primary N) is 1. The Hall–Kier alpha value is -3.26. The fourth-order valence-electron chi connectivity index (χ4n) is 4.65. The summed E-state index contributed by atoms with van der Waals surface area (Å²) < 4.78 is 6.29. The largest absolute Gasteiger partial charge is 0.468 e. The first-order valence-corrected chi connectivity index (χ1v) is 11.1. The number of hydrogen-bond acceptors (Lipinski definition) is 6. The number of fused-ring (bicyclic) bond motifs is 4. The Morgan fingerprint density at radius 2 is 2.16 bits per heavy atom. The summed E-state index contributed by atoms with van der Waals surface area (Å²) in [6.07, 6.45) is 4.59. The van der Waals surface area contributed by atoms with Gasteiger partial charge in [0.2, 0.25) is 11.8 Å². The SMILES string of the molecule is C[C@@]12C[C@@H](c3ccccc3O1)[C@@H](C(N)=O)C(=O)N2CCc1csc(-c2cccnc2)n1. The molecule has 0 radical (unpaired) electrons. The highest BCUT2D eigenvalue weighted by atomic mass is 32.1. The first kappa shape index (κ1) is 19.7. The van der Waals surface area contributed by atoms with Crippen molar-refractivity contribution >= 4 is 23.2 Å². The molecular formula is C23H22N4O3S. The first-order valence-electron chi connectivity index (χ1n) is 10.2. The van der Waals surface area contributed by atoms with Crippen LogP contribution in [0.15, 0.2) is 54.2 Å². The van der Waals surface area contributed by atoms with E-state index in [4.69, 9.17) is 15.5 Å². The molecule has 3 aromatic rings.